The molecule has 1 aromatic rings. The van der Waals surface area contributed by atoms with Crippen LogP contribution < -0.4 is 10.7 Å². The summed E-state index contributed by atoms with van der Waals surface area (Å²) >= 11 is 4.87. The molecule has 10 heavy (non-hydrogen) atoms. The number of nitrogens with zero attached hydrogens (tertiary/aromatic N) is 3. The third-order valence-corrected chi connectivity index (χ3v) is 1.34. The lowest BCUT2D eigenvalue weighted by Gasteiger charge is -2.12. The number of nitrogens with two attached hydrogens (primary N) is 1. The van der Waals surface area contributed by atoms with Crippen LogP contribution in [0.5, 0.6) is 0 Å². The van der Waals surface area contributed by atoms with Gasteiger partial charge in [-0.1, -0.05) is 0 Å². The third kappa shape index (κ3) is 0.971. The molecule has 0 atom stereocenters. The molecule has 0 aliphatic rings. The fraction of sp³-hybridized carbons (Fsp3) is 0.500. The quantitative estimate of drug-likeness (QED) is 0.553. The molecule has 5 nitrogen and oxygen atoms in total. The lowest BCUT2D eigenvalue weighted by atomic mass is 11.0. The number of H-pyrrole nitrogens is 1. The van der Waals surface area contributed by atoms with E-state index in [9.17, 15) is 0 Å². The van der Waals surface area contributed by atoms with E-state index in [0.717, 1.165) is 0 Å². The van der Waals surface area contributed by atoms with E-state index in [1.165, 1.54) is 0 Å². The first-order chi connectivity index (χ1) is 4.63. The van der Waals surface area contributed by atoms with Gasteiger partial charge in [0.1, 0.15) is 0 Å². The van der Waals surface area contributed by atoms with Crippen LogP contribution in [0.4, 0.5) is 5.95 Å². The zero-order valence-electron chi connectivity index (χ0n) is 5.83. The van der Waals surface area contributed by atoms with Crippen molar-refractivity contribution in [1.82, 2.24) is 14.9 Å². The van der Waals surface area contributed by atoms with Crippen LogP contribution in [0.3, 0.4) is 0 Å². The Morgan fingerprint density at radius 2 is 2.30 bits per heavy atom. The summed E-state index contributed by atoms with van der Waals surface area (Å²) in [6, 6.07) is 0. The minimum atomic E-state index is 0.370. The summed E-state index contributed by atoms with van der Waals surface area (Å²) in [4.78, 5) is 0. The molecule has 0 amide bonds. The first-order valence-corrected chi connectivity index (χ1v) is 3.14. The maximum Gasteiger partial charge on any atom is 0.239 e. The van der Waals surface area contributed by atoms with Crippen molar-refractivity contribution in [2.45, 2.75) is 0 Å². The average molecular weight is 159 g/mol. The van der Waals surface area contributed by atoms with Crippen LogP contribution in [-0.4, -0.2) is 29.0 Å². The van der Waals surface area contributed by atoms with Crippen molar-refractivity contribution >= 4 is 18.2 Å². The summed E-state index contributed by atoms with van der Waals surface area (Å²) in [7, 11) is 3.67. The van der Waals surface area contributed by atoms with Gasteiger partial charge in [0, 0.05) is 14.1 Å². The molecule has 0 bridgehead atoms. The molecule has 1 aromatic heterocycles. The lowest BCUT2D eigenvalue weighted by molar-refractivity contribution is 0.728. The minimum absolute atomic E-state index is 0.370. The minimum Gasteiger partial charge on any atom is -0.366 e. The van der Waals surface area contributed by atoms with Gasteiger partial charge in [-0.3, -0.25) is 0 Å². The van der Waals surface area contributed by atoms with Crippen molar-refractivity contribution in [2.75, 3.05) is 24.8 Å². The van der Waals surface area contributed by atoms with Gasteiger partial charge >= 0.3 is 0 Å². The van der Waals surface area contributed by atoms with Gasteiger partial charge in [0.2, 0.25) is 10.7 Å². The Morgan fingerprint density at radius 1 is 1.70 bits per heavy atom. The molecular formula is C4H9N5S. The molecule has 0 radical (unpaired) electrons. The van der Waals surface area contributed by atoms with E-state index in [4.69, 9.17) is 18.0 Å². The third-order valence-electron chi connectivity index (χ3n) is 1.08. The van der Waals surface area contributed by atoms with Gasteiger partial charge < -0.3 is 10.7 Å². The monoisotopic (exact) mass is 159 g/mol. The second-order valence-corrected chi connectivity index (χ2v) is 2.43. The number of hydrogen-bond donors (Lipinski definition) is 2. The van der Waals surface area contributed by atoms with E-state index in [0.29, 0.717) is 10.7 Å². The van der Waals surface area contributed by atoms with Crippen LogP contribution in [0.1, 0.15) is 0 Å². The number of aromatic nitrogens is 3. The smallest absolute Gasteiger partial charge is 0.239 e. The Bertz CT molecular complexity index is 271. The Morgan fingerprint density at radius 3 is 2.50 bits per heavy atom. The van der Waals surface area contributed by atoms with Gasteiger partial charge in [-0.05, 0) is 12.2 Å². The summed E-state index contributed by atoms with van der Waals surface area (Å²) in [6.07, 6.45) is 0. The molecule has 56 valence electrons. The standard InChI is InChI=1S/C4H9N5S/c1-8(2)9-3(5)6-7-4(9)10/h1-2H3,(H2,5,6)(H,7,10). The molecule has 0 saturated carbocycles. The van der Waals surface area contributed by atoms with Crippen LogP contribution in [-0.2, 0) is 0 Å². The zero-order chi connectivity index (χ0) is 7.72. The number of nitrogen functional groups attached to an aromatic ring is 1. The van der Waals surface area contributed by atoms with Crippen LogP contribution in [0.15, 0.2) is 0 Å². The van der Waals surface area contributed by atoms with Crippen molar-refractivity contribution in [1.29, 1.82) is 0 Å². The molecule has 3 N–H and O–H groups in total. The highest BCUT2D eigenvalue weighted by atomic mass is 32.1. The molecule has 0 aliphatic carbocycles. The highest BCUT2D eigenvalue weighted by molar-refractivity contribution is 7.71. The molecule has 6 heteroatoms. The normalized spacial score (nSPS) is 9.80. The molecule has 0 aliphatic heterocycles. The summed E-state index contributed by atoms with van der Waals surface area (Å²) in [6.45, 7) is 0. The summed E-state index contributed by atoms with van der Waals surface area (Å²) in [5.74, 6) is 0.370. The van der Waals surface area contributed by atoms with Gasteiger partial charge in [0.05, 0.1) is 0 Å². The summed E-state index contributed by atoms with van der Waals surface area (Å²) < 4.78 is 2.09. The first kappa shape index (κ1) is 7.07. The molecule has 1 rings (SSSR count). The van der Waals surface area contributed by atoms with Gasteiger partial charge in [-0.2, -0.15) is 4.68 Å². The van der Waals surface area contributed by atoms with Crippen LogP contribution in [0.2, 0.25) is 0 Å². The fourth-order valence-corrected chi connectivity index (χ4v) is 0.993. The Kier molecular flexibility index (Phi) is 1.62. The van der Waals surface area contributed by atoms with Crippen LogP contribution in [0.25, 0.3) is 0 Å². The molecule has 1 heterocycles. The topological polar surface area (TPSA) is 62.9 Å². The lowest BCUT2D eigenvalue weighted by Crippen LogP contribution is -2.26. The second-order valence-electron chi connectivity index (χ2n) is 2.05. The molecule has 0 unspecified atom stereocenters. The summed E-state index contributed by atoms with van der Waals surface area (Å²) in [5, 5.41) is 8.04. The Balaban J connectivity index is 3.23. The van der Waals surface area contributed by atoms with E-state index >= 15 is 0 Å². The zero-order valence-corrected chi connectivity index (χ0v) is 6.64. The van der Waals surface area contributed by atoms with Crippen molar-refractivity contribution < 1.29 is 0 Å². The van der Waals surface area contributed by atoms with Crippen molar-refractivity contribution in [3.05, 3.63) is 4.77 Å². The molecule has 0 spiro atoms. The molecule has 0 saturated heterocycles. The number of rotatable bonds is 1. The van der Waals surface area contributed by atoms with E-state index in [1.807, 2.05) is 14.1 Å². The Labute approximate surface area is 63.4 Å². The number of hydrogen-bond acceptors (Lipinski definition) is 4. The average Bonchev–Trinajstić information content (AvgIpc) is 2.11. The predicted octanol–water partition coefficient (Wildman–Crippen LogP) is -0.280. The van der Waals surface area contributed by atoms with Gasteiger partial charge in [-0.25, -0.2) is 5.10 Å². The highest BCUT2D eigenvalue weighted by Gasteiger charge is 2.00. The number of anilines is 1. The van der Waals surface area contributed by atoms with Crippen molar-refractivity contribution in [3.8, 4) is 0 Å². The SMILES string of the molecule is CN(C)n1c(N)n[nH]c1=S. The van der Waals surface area contributed by atoms with Crippen LogP contribution >= 0.6 is 12.2 Å². The van der Waals surface area contributed by atoms with Crippen molar-refractivity contribution in [3.63, 3.8) is 0 Å². The van der Waals surface area contributed by atoms with Crippen molar-refractivity contribution in [2.24, 2.45) is 0 Å². The van der Waals surface area contributed by atoms with E-state index < -0.39 is 0 Å². The summed E-state index contributed by atoms with van der Waals surface area (Å²) in [5.41, 5.74) is 5.45. The van der Waals surface area contributed by atoms with Gasteiger partial charge in [-0.15, -0.1) is 5.10 Å². The second kappa shape index (κ2) is 2.30. The molecule has 0 aromatic carbocycles. The highest BCUT2D eigenvalue weighted by Crippen LogP contribution is 1.96. The van der Waals surface area contributed by atoms with E-state index in [-0.39, 0.29) is 0 Å². The van der Waals surface area contributed by atoms with Gasteiger partial charge in [0.15, 0.2) is 0 Å². The predicted molar refractivity (Wildman–Crippen MR) is 41.9 cm³/mol. The number of aromatic amines is 1. The largest absolute Gasteiger partial charge is 0.366 e. The maximum absolute atomic E-state index is 5.45. The number of nitrogens with one attached hydrogen (secondary N) is 1. The Hall–Kier alpha value is -1.04. The van der Waals surface area contributed by atoms with E-state index in [1.54, 1.807) is 9.69 Å². The molecular weight excluding hydrogens is 150 g/mol. The van der Waals surface area contributed by atoms with Gasteiger partial charge in [0.25, 0.3) is 0 Å². The first-order valence-electron chi connectivity index (χ1n) is 2.73. The molecule has 0 fully saturated rings. The maximum atomic E-state index is 5.45. The fourth-order valence-electron chi connectivity index (χ4n) is 0.690. The van der Waals surface area contributed by atoms with E-state index in [2.05, 4.69) is 10.2 Å². The van der Waals surface area contributed by atoms with Crippen LogP contribution in [0, 0.1) is 4.77 Å².